The minimum absolute atomic E-state index is 0.234. The molecule has 0 bridgehead atoms. The lowest BCUT2D eigenvalue weighted by molar-refractivity contribution is 0.0944. The molecule has 0 radical (unpaired) electrons. The molecule has 0 N–H and O–H groups in total. The molecule has 0 atom stereocenters. The number of aromatic nitrogens is 1. The molecule has 0 unspecified atom stereocenters. The van der Waals surface area contributed by atoms with Crippen LogP contribution in [0.1, 0.15) is 29.1 Å². The molecule has 1 amide bonds. The fourth-order valence-corrected chi connectivity index (χ4v) is 3.18. The van der Waals surface area contributed by atoms with Gasteiger partial charge in [-0.25, -0.2) is 9.78 Å². The van der Waals surface area contributed by atoms with Crippen molar-refractivity contribution in [2.75, 3.05) is 13.1 Å². The molecule has 1 saturated heterocycles. The first kappa shape index (κ1) is 17.2. The Balaban J connectivity index is 1.47. The Bertz CT molecular complexity index is 806. The van der Waals surface area contributed by atoms with Crippen LogP contribution in [-0.2, 0) is 11.3 Å². The van der Waals surface area contributed by atoms with E-state index in [1.807, 2.05) is 48.7 Å². The zero-order valence-corrected chi connectivity index (χ0v) is 15.0. The first-order valence-electron chi connectivity index (χ1n) is 8.28. The maximum Gasteiger partial charge on any atom is 0.410 e. The summed E-state index contributed by atoms with van der Waals surface area (Å²) in [5.41, 5.74) is 3.02. The van der Waals surface area contributed by atoms with Crippen molar-refractivity contribution in [3.05, 3.63) is 63.6 Å². The zero-order valence-electron chi connectivity index (χ0n) is 14.2. The monoisotopic (exact) mass is 352 g/mol. The van der Waals surface area contributed by atoms with Gasteiger partial charge in [-0.3, -0.25) is 0 Å². The molecule has 1 fully saturated rings. The van der Waals surface area contributed by atoms with Crippen molar-refractivity contribution < 1.29 is 9.53 Å². The van der Waals surface area contributed by atoms with Gasteiger partial charge in [0.1, 0.15) is 12.3 Å². The van der Waals surface area contributed by atoms with E-state index in [0.717, 1.165) is 29.1 Å². The number of carbonyl (C=O) groups is 1. The number of rotatable bonds is 2. The first-order valence-corrected chi connectivity index (χ1v) is 9.16. The quantitative estimate of drug-likeness (QED) is 0.762. The van der Waals surface area contributed by atoms with Crippen LogP contribution in [0.2, 0.25) is 0 Å². The number of carbonyl (C=O) groups excluding carboxylic acids is 1. The summed E-state index contributed by atoms with van der Waals surface area (Å²) in [4.78, 5) is 19.3. The van der Waals surface area contributed by atoms with Crippen molar-refractivity contribution in [1.82, 2.24) is 9.88 Å². The van der Waals surface area contributed by atoms with E-state index in [-0.39, 0.29) is 6.09 Å². The van der Waals surface area contributed by atoms with Crippen molar-refractivity contribution in [2.45, 2.75) is 26.4 Å². The molecule has 128 valence electrons. The van der Waals surface area contributed by atoms with Crippen LogP contribution in [0, 0.1) is 18.8 Å². The molecule has 5 heteroatoms. The Morgan fingerprint density at radius 2 is 2.16 bits per heavy atom. The molecule has 2 aromatic rings. The third-order valence-electron chi connectivity index (χ3n) is 3.95. The largest absolute Gasteiger partial charge is 0.444 e. The molecule has 1 aliphatic heterocycles. The number of pyridine rings is 1. The lowest BCUT2D eigenvalue weighted by Crippen LogP contribution is -2.36. The van der Waals surface area contributed by atoms with Crippen LogP contribution >= 0.6 is 11.3 Å². The van der Waals surface area contributed by atoms with E-state index in [4.69, 9.17) is 4.74 Å². The third kappa shape index (κ3) is 5.20. The van der Waals surface area contributed by atoms with Gasteiger partial charge in [0, 0.05) is 23.7 Å². The van der Waals surface area contributed by atoms with Crippen molar-refractivity contribution in [1.29, 1.82) is 0 Å². The van der Waals surface area contributed by atoms with Gasteiger partial charge in [0.05, 0.1) is 0 Å². The molecular formula is C20H20N2O2S. The van der Waals surface area contributed by atoms with Gasteiger partial charge in [0.15, 0.2) is 0 Å². The Morgan fingerprint density at radius 3 is 2.88 bits per heavy atom. The number of thiophene rings is 1. The third-order valence-corrected chi connectivity index (χ3v) is 4.80. The molecule has 3 rings (SSSR count). The maximum absolute atomic E-state index is 12.1. The normalized spacial score (nSPS) is 13.8. The van der Waals surface area contributed by atoms with E-state index >= 15 is 0 Å². The molecule has 2 aromatic heterocycles. The minimum atomic E-state index is -0.234. The van der Waals surface area contributed by atoms with Gasteiger partial charge < -0.3 is 9.64 Å². The summed E-state index contributed by atoms with van der Waals surface area (Å²) in [6.45, 7) is 3.67. The van der Waals surface area contributed by atoms with Crippen molar-refractivity contribution in [2.24, 2.45) is 0 Å². The molecule has 0 aromatic carbocycles. The highest BCUT2D eigenvalue weighted by molar-refractivity contribution is 7.09. The van der Waals surface area contributed by atoms with Gasteiger partial charge >= 0.3 is 6.09 Å². The van der Waals surface area contributed by atoms with E-state index < -0.39 is 0 Å². The Morgan fingerprint density at radius 1 is 1.32 bits per heavy atom. The van der Waals surface area contributed by atoms with Crippen LogP contribution in [0.3, 0.4) is 0 Å². The second-order valence-corrected chi connectivity index (χ2v) is 6.89. The smallest absolute Gasteiger partial charge is 0.410 e. The number of likely N-dealkylation sites (tertiary alicyclic amines) is 1. The Kier molecular flexibility index (Phi) is 5.86. The second kappa shape index (κ2) is 8.50. The summed E-state index contributed by atoms with van der Waals surface area (Å²) >= 11 is 1.59. The van der Waals surface area contributed by atoms with E-state index in [1.165, 1.54) is 5.57 Å². The first-order chi connectivity index (χ1) is 12.2. The number of aryl methyl sites for hydroxylation is 1. The van der Waals surface area contributed by atoms with E-state index in [9.17, 15) is 4.79 Å². The van der Waals surface area contributed by atoms with Crippen LogP contribution < -0.4 is 0 Å². The van der Waals surface area contributed by atoms with Gasteiger partial charge in [0.2, 0.25) is 0 Å². The number of allylic oxidation sites excluding steroid dienone is 1. The zero-order chi connectivity index (χ0) is 17.5. The fourth-order valence-electron chi connectivity index (χ4n) is 2.56. The summed E-state index contributed by atoms with van der Waals surface area (Å²) in [6, 6.07) is 9.75. The highest BCUT2D eigenvalue weighted by atomic mass is 32.1. The van der Waals surface area contributed by atoms with Gasteiger partial charge in [-0.05, 0) is 55.3 Å². The second-order valence-electron chi connectivity index (χ2n) is 5.86. The minimum Gasteiger partial charge on any atom is -0.444 e. The molecular weight excluding hydrogens is 332 g/mol. The average Bonchev–Trinajstić information content (AvgIpc) is 3.14. The number of amides is 1. The average molecular weight is 352 g/mol. The number of ether oxygens (including phenoxy) is 1. The summed E-state index contributed by atoms with van der Waals surface area (Å²) < 4.78 is 5.35. The Hall–Kier alpha value is -2.58. The molecule has 25 heavy (non-hydrogen) atoms. The van der Waals surface area contributed by atoms with Crippen molar-refractivity contribution >= 4 is 17.4 Å². The molecule has 0 spiro atoms. The van der Waals surface area contributed by atoms with Crippen molar-refractivity contribution in [3.63, 3.8) is 0 Å². The number of hydrogen-bond donors (Lipinski definition) is 0. The molecule has 0 aliphatic carbocycles. The highest BCUT2D eigenvalue weighted by Crippen LogP contribution is 2.17. The molecule has 4 nitrogen and oxygen atoms in total. The Labute approximate surface area is 152 Å². The lowest BCUT2D eigenvalue weighted by Gasteiger charge is -2.27. The summed E-state index contributed by atoms with van der Waals surface area (Å²) in [5.74, 6) is 6.14. The predicted molar refractivity (Wildman–Crippen MR) is 99.2 cm³/mol. The highest BCUT2D eigenvalue weighted by Gasteiger charge is 2.20. The molecule has 1 aliphatic rings. The van der Waals surface area contributed by atoms with Gasteiger partial charge in [-0.1, -0.05) is 23.6 Å². The van der Waals surface area contributed by atoms with Crippen LogP contribution in [0.15, 0.2) is 47.4 Å². The topological polar surface area (TPSA) is 42.4 Å². The number of hydrogen-bond acceptors (Lipinski definition) is 4. The standard InChI is InChI=1S/C20H20N2O2S/c1-16-5-2-7-18(21-16)8-3-6-17-10-12-22(13-11-17)20(23)24-15-19-9-4-14-25-19/h2,4-7,9,14H,10-13,15H2,1H3. The predicted octanol–water partition coefficient (Wildman–Crippen LogP) is 4.16. The van der Waals surface area contributed by atoms with Gasteiger partial charge in [-0.15, -0.1) is 11.3 Å². The van der Waals surface area contributed by atoms with E-state index in [1.54, 1.807) is 16.2 Å². The number of nitrogens with zero attached hydrogens (tertiary/aromatic N) is 2. The summed E-state index contributed by atoms with van der Waals surface area (Å²) in [5, 5.41) is 1.98. The SMILES string of the molecule is Cc1cccc(C#CC=C2CCN(C(=O)OCc3cccs3)CC2)n1. The van der Waals surface area contributed by atoms with Crippen LogP contribution in [0.25, 0.3) is 0 Å². The van der Waals surface area contributed by atoms with Gasteiger partial charge in [-0.2, -0.15) is 0 Å². The maximum atomic E-state index is 12.1. The van der Waals surface area contributed by atoms with Gasteiger partial charge in [0.25, 0.3) is 0 Å². The van der Waals surface area contributed by atoms with Crippen LogP contribution in [0.5, 0.6) is 0 Å². The fraction of sp³-hybridized carbons (Fsp3) is 0.300. The molecule has 0 saturated carbocycles. The van der Waals surface area contributed by atoms with Crippen LogP contribution in [0.4, 0.5) is 4.79 Å². The summed E-state index contributed by atoms with van der Waals surface area (Å²) in [7, 11) is 0. The van der Waals surface area contributed by atoms with Crippen molar-refractivity contribution in [3.8, 4) is 11.8 Å². The molecule has 3 heterocycles. The van der Waals surface area contributed by atoms with E-state index in [0.29, 0.717) is 19.7 Å². The van der Waals surface area contributed by atoms with E-state index in [2.05, 4.69) is 16.8 Å². The summed E-state index contributed by atoms with van der Waals surface area (Å²) in [6.07, 6.45) is 3.40. The number of piperidine rings is 1. The lowest BCUT2D eigenvalue weighted by atomic mass is 10.0. The van der Waals surface area contributed by atoms with Crippen LogP contribution in [-0.4, -0.2) is 29.1 Å².